The van der Waals surface area contributed by atoms with Gasteiger partial charge in [-0.15, -0.1) is 0 Å². The van der Waals surface area contributed by atoms with Gasteiger partial charge in [0.15, 0.2) is 0 Å². The molecule has 2 aliphatic heterocycles. The first-order valence-electron chi connectivity index (χ1n) is 11.8. The molecule has 3 aliphatic rings. The molecule has 0 aromatic heterocycles. The molecule has 1 aromatic rings. The van der Waals surface area contributed by atoms with Crippen molar-refractivity contribution in [1.29, 1.82) is 0 Å². The van der Waals surface area contributed by atoms with Crippen LogP contribution in [0.5, 0.6) is 0 Å². The Labute approximate surface area is 195 Å². The van der Waals surface area contributed by atoms with Crippen molar-refractivity contribution in [2.45, 2.75) is 45.8 Å². The van der Waals surface area contributed by atoms with E-state index in [1.165, 1.54) is 0 Å². The highest BCUT2D eigenvalue weighted by molar-refractivity contribution is 5.89. The van der Waals surface area contributed by atoms with E-state index in [1.54, 1.807) is 14.8 Å². The van der Waals surface area contributed by atoms with Gasteiger partial charge in [0, 0.05) is 19.6 Å². The number of nitrogens with one attached hydrogen (secondary N) is 1. The lowest BCUT2D eigenvalue weighted by Crippen LogP contribution is -2.62. The Morgan fingerprint density at radius 2 is 1.97 bits per heavy atom. The van der Waals surface area contributed by atoms with Gasteiger partial charge in [-0.25, -0.2) is 4.79 Å². The lowest BCUT2D eigenvalue weighted by Gasteiger charge is -2.42. The number of fused-ring (bicyclic) bond motifs is 1. The molecule has 4 rings (SSSR count). The van der Waals surface area contributed by atoms with Crippen LogP contribution in [-0.2, 0) is 16.1 Å². The molecule has 8 heteroatoms. The SMILES string of the molecule is CCCN(C(=O)NCC1=CCCC=C1)N1CC(=O)N2CC(=O)N(Cc3ccccc3C)C[C@@H]21. The average molecular weight is 452 g/mol. The quantitative estimate of drug-likeness (QED) is 0.691. The second kappa shape index (κ2) is 10.2. The van der Waals surface area contributed by atoms with Crippen molar-refractivity contribution in [3.8, 4) is 0 Å². The third-order valence-electron chi connectivity index (χ3n) is 6.48. The van der Waals surface area contributed by atoms with Crippen LogP contribution in [0.3, 0.4) is 0 Å². The number of rotatable bonds is 7. The molecule has 1 atom stereocenters. The van der Waals surface area contributed by atoms with Gasteiger partial charge in [-0.1, -0.05) is 49.4 Å². The minimum absolute atomic E-state index is 0.0468. The second-order valence-electron chi connectivity index (χ2n) is 8.84. The zero-order valence-electron chi connectivity index (χ0n) is 19.5. The van der Waals surface area contributed by atoms with E-state index in [0.29, 0.717) is 26.2 Å². The fourth-order valence-electron chi connectivity index (χ4n) is 4.61. The van der Waals surface area contributed by atoms with Crippen molar-refractivity contribution >= 4 is 17.8 Å². The summed E-state index contributed by atoms with van der Waals surface area (Å²) < 4.78 is 0. The van der Waals surface area contributed by atoms with Crippen LogP contribution in [0, 0.1) is 6.92 Å². The monoisotopic (exact) mass is 451 g/mol. The summed E-state index contributed by atoms with van der Waals surface area (Å²) in [5, 5.41) is 6.49. The van der Waals surface area contributed by atoms with Gasteiger partial charge >= 0.3 is 6.03 Å². The highest BCUT2D eigenvalue weighted by Gasteiger charge is 2.47. The van der Waals surface area contributed by atoms with Crippen molar-refractivity contribution in [2.24, 2.45) is 0 Å². The fourth-order valence-corrected chi connectivity index (χ4v) is 4.61. The second-order valence-corrected chi connectivity index (χ2v) is 8.84. The molecule has 2 saturated heterocycles. The summed E-state index contributed by atoms with van der Waals surface area (Å²) in [6.07, 6.45) is 8.74. The van der Waals surface area contributed by atoms with E-state index in [2.05, 4.69) is 17.5 Å². The van der Waals surface area contributed by atoms with Gasteiger partial charge in [0.25, 0.3) is 0 Å². The molecule has 1 aromatic carbocycles. The molecule has 4 amide bonds. The number of carbonyl (C=O) groups is 3. The molecular formula is C25H33N5O3. The number of nitrogens with zero attached hydrogens (tertiary/aromatic N) is 4. The molecule has 0 unspecified atom stereocenters. The van der Waals surface area contributed by atoms with Crippen LogP contribution in [0.15, 0.2) is 48.1 Å². The van der Waals surface area contributed by atoms with Crippen LogP contribution in [0.1, 0.15) is 37.3 Å². The number of amides is 4. The van der Waals surface area contributed by atoms with Crippen molar-refractivity contribution in [2.75, 3.05) is 32.7 Å². The fraction of sp³-hybridized carbons (Fsp3) is 0.480. The maximum absolute atomic E-state index is 13.1. The van der Waals surface area contributed by atoms with E-state index in [1.807, 2.05) is 49.2 Å². The van der Waals surface area contributed by atoms with Gasteiger partial charge in [-0.2, -0.15) is 5.01 Å². The predicted molar refractivity (Wildman–Crippen MR) is 126 cm³/mol. The molecule has 1 aliphatic carbocycles. The first kappa shape index (κ1) is 23.0. The molecule has 2 fully saturated rings. The summed E-state index contributed by atoms with van der Waals surface area (Å²) in [4.78, 5) is 42.1. The van der Waals surface area contributed by atoms with Gasteiger partial charge in [0.2, 0.25) is 11.8 Å². The number of allylic oxidation sites excluding steroid dienone is 2. The highest BCUT2D eigenvalue weighted by Crippen LogP contribution is 2.25. The summed E-state index contributed by atoms with van der Waals surface area (Å²) in [6, 6.07) is 7.80. The van der Waals surface area contributed by atoms with Gasteiger partial charge in [-0.3, -0.25) is 14.6 Å². The maximum atomic E-state index is 13.1. The van der Waals surface area contributed by atoms with E-state index >= 15 is 0 Å². The summed E-state index contributed by atoms with van der Waals surface area (Å²) in [7, 11) is 0. The van der Waals surface area contributed by atoms with Crippen molar-refractivity contribution in [3.63, 3.8) is 0 Å². The molecule has 0 radical (unpaired) electrons. The first-order valence-corrected chi connectivity index (χ1v) is 11.8. The molecule has 2 heterocycles. The van der Waals surface area contributed by atoms with Crippen LogP contribution in [0.2, 0.25) is 0 Å². The van der Waals surface area contributed by atoms with E-state index in [4.69, 9.17) is 0 Å². The van der Waals surface area contributed by atoms with Crippen LogP contribution >= 0.6 is 0 Å². The standard InChI is InChI=1S/C25H33N5O3/c1-3-13-29(25(33)26-14-20-10-5-4-6-11-20)30-18-24(32)28-17-23(31)27(16-22(28)30)15-21-12-8-7-9-19(21)2/h5,7-12,22H,3-4,6,13-18H2,1-2H3,(H,26,33)/t22-/m0/s1. The zero-order chi connectivity index (χ0) is 23.4. The number of hydrogen-bond acceptors (Lipinski definition) is 4. The third-order valence-corrected chi connectivity index (χ3v) is 6.48. The number of hydrogen-bond donors (Lipinski definition) is 1. The lowest BCUT2D eigenvalue weighted by atomic mass is 10.1. The number of piperazine rings is 1. The molecule has 1 N–H and O–H groups in total. The number of urea groups is 1. The Bertz CT molecular complexity index is 973. The summed E-state index contributed by atoms with van der Waals surface area (Å²) >= 11 is 0. The Kier molecular flexibility index (Phi) is 7.13. The summed E-state index contributed by atoms with van der Waals surface area (Å²) in [5.74, 6) is -0.178. The van der Waals surface area contributed by atoms with Crippen molar-refractivity contribution < 1.29 is 14.4 Å². The Morgan fingerprint density at radius 1 is 1.15 bits per heavy atom. The molecule has 8 nitrogen and oxygen atoms in total. The molecule has 33 heavy (non-hydrogen) atoms. The van der Waals surface area contributed by atoms with E-state index in [-0.39, 0.29) is 37.1 Å². The van der Waals surface area contributed by atoms with Crippen LogP contribution in [0.25, 0.3) is 0 Å². The minimum atomic E-state index is -0.342. The van der Waals surface area contributed by atoms with Crippen LogP contribution < -0.4 is 5.32 Å². The molecule has 0 saturated carbocycles. The Hall–Kier alpha value is -3.13. The van der Waals surface area contributed by atoms with E-state index in [0.717, 1.165) is 36.0 Å². The molecule has 0 spiro atoms. The van der Waals surface area contributed by atoms with Gasteiger partial charge in [0.1, 0.15) is 12.7 Å². The summed E-state index contributed by atoms with van der Waals surface area (Å²) in [5.41, 5.74) is 3.31. The number of carbonyl (C=O) groups excluding carboxylic acids is 3. The summed E-state index contributed by atoms with van der Waals surface area (Å²) in [6.45, 7) is 6.03. The Morgan fingerprint density at radius 3 is 2.70 bits per heavy atom. The van der Waals surface area contributed by atoms with Gasteiger partial charge < -0.3 is 15.1 Å². The lowest BCUT2D eigenvalue weighted by molar-refractivity contribution is -0.149. The Balaban J connectivity index is 1.48. The van der Waals surface area contributed by atoms with Gasteiger partial charge in [0.05, 0.1) is 13.1 Å². The normalized spacial score (nSPS) is 20.7. The topological polar surface area (TPSA) is 76.2 Å². The highest BCUT2D eigenvalue weighted by atomic mass is 16.2. The van der Waals surface area contributed by atoms with Crippen molar-refractivity contribution in [1.82, 2.24) is 25.1 Å². The van der Waals surface area contributed by atoms with E-state index in [9.17, 15) is 14.4 Å². The minimum Gasteiger partial charge on any atom is -0.333 e. The van der Waals surface area contributed by atoms with Crippen molar-refractivity contribution in [3.05, 3.63) is 59.2 Å². The molecular weight excluding hydrogens is 418 g/mol. The molecule has 0 bridgehead atoms. The van der Waals surface area contributed by atoms with Crippen LogP contribution in [-0.4, -0.2) is 76.6 Å². The van der Waals surface area contributed by atoms with Gasteiger partial charge in [-0.05, 0) is 42.9 Å². The smallest absolute Gasteiger partial charge is 0.332 e. The maximum Gasteiger partial charge on any atom is 0.332 e. The molecule has 176 valence electrons. The number of hydrazine groups is 1. The first-order chi connectivity index (χ1) is 16.0. The number of aryl methyl sites for hydroxylation is 1. The third kappa shape index (κ3) is 5.11. The predicted octanol–water partition coefficient (Wildman–Crippen LogP) is 2.42. The average Bonchev–Trinajstić information content (AvgIpc) is 3.13. The van der Waals surface area contributed by atoms with E-state index < -0.39 is 0 Å². The number of benzene rings is 1. The van der Waals surface area contributed by atoms with Crippen LogP contribution in [0.4, 0.5) is 4.79 Å². The zero-order valence-corrected chi connectivity index (χ0v) is 19.5. The largest absolute Gasteiger partial charge is 0.333 e.